The van der Waals surface area contributed by atoms with E-state index in [2.05, 4.69) is 10.6 Å². The molecule has 10 heavy (non-hydrogen) atoms. The molecule has 0 aromatic heterocycles. The van der Waals surface area contributed by atoms with Crippen molar-refractivity contribution in [1.29, 1.82) is 0 Å². The van der Waals surface area contributed by atoms with Crippen LogP contribution in [0.4, 0.5) is 0 Å². The van der Waals surface area contributed by atoms with Crippen LogP contribution in [0.3, 0.4) is 0 Å². The summed E-state index contributed by atoms with van der Waals surface area (Å²) >= 11 is 0. The van der Waals surface area contributed by atoms with E-state index in [4.69, 9.17) is 0 Å². The highest BCUT2D eigenvalue weighted by Crippen LogP contribution is 1.91. The number of nitrogens with one attached hydrogen (secondary N) is 2. The second-order valence-corrected chi connectivity index (χ2v) is 2.54. The van der Waals surface area contributed by atoms with Crippen LogP contribution in [0.15, 0.2) is 0 Å². The van der Waals surface area contributed by atoms with Gasteiger partial charge >= 0.3 is 0 Å². The van der Waals surface area contributed by atoms with Crippen LogP contribution in [0.2, 0.25) is 0 Å². The predicted molar refractivity (Wildman–Crippen MR) is 42.3 cm³/mol. The third-order valence-corrected chi connectivity index (χ3v) is 1.51. The van der Waals surface area contributed by atoms with Crippen molar-refractivity contribution in [3.63, 3.8) is 0 Å². The Morgan fingerprint density at radius 3 is 2.50 bits per heavy atom. The minimum atomic E-state index is -0.0128. The molecular weight excluding hydrogens is 152 g/mol. The Labute approximate surface area is 67.0 Å². The van der Waals surface area contributed by atoms with Crippen molar-refractivity contribution in [2.75, 3.05) is 6.54 Å². The molecule has 0 radical (unpaired) electrons. The van der Waals surface area contributed by atoms with Gasteiger partial charge in [0.15, 0.2) is 0 Å². The summed E-state index contributed by atoms with van der Waals surface area (Å²) in [6, 6.07) is 0.273. The highest BCUT2D eigenvalue weighted by Gasteiger charge is 2.19. The van der Waals surface area contributed by atoms with Crippen molar-refractivity contribution in [2.45, 2.75) is 25.9 Å². The summed E-state index contributed by atoms with van der Waals surface area (Å²) in [5, 5.41) is 5.90. The number of amides is 1. The van der Waals surface area contributed by atoms with Crippen molar-refractivity contribution in [3.8, 4) is 0 Å². The van der Waals surface area contributed by atoms with Gasteiger partial charge in [-0.15, -0.1) is 12.4 Å². The molecule has 1 rings (SSSR count). The molecule has 0 bridgehead atoms. The molecule has 1 amide bonds. The van der Waals surface area contributed by atoms with Gasteiger partial charge in [0.25, 0.3) is 0 Å². The van der Waals surface area contributed by atoms with Crippen LogP contribution in [0.25, 0.3) is 0 Å². The van der Waals surface area contributed by atoms with Crippen LogP contribution in [0.5, 0.6) is 0 Å². The maximum absolute atomic E-state index is 10.8. The second-order valence-electron chi connectivity index (χ2n) is 2.54. The van der Waals surface area contributed by atoms with E-state index in [1.807, 2.05) is 13.8 Å². The highest BCUT2D eigenvalue weighted by atomic mass is 35.5. The fourth-order valence-electron chi connectivity index (χ4n) is 0.865. The van der Waals surface area contributed by atoms with Crippen LogP contribution in [-0.2, 0) is 4.79 Å². The summed E-state index contributed by atoms with van der Waals surface area (Å²) in [6.07, 6.45) is 0. The van der Waals surface area contributed by atoms with Crippen molar-refractivity contribution in [2.24, 2.45) is 0 Å². The van der Waals surface area contributed by atoms with Gasteiger partial charge in [-0.3, -0.25) is 4.79 Å². The third-order valence-electron chi connectivity index (χ3n) is 1.51. The Hall–Kier alpha value is -0.280. The van der Waals surface area contributed by atoms with Gasteiger partial charge in [0.2, 0.25) is 5.91 Å². The molecular formula is C6H13ClN2O. The summed E-state index contributed by atoms with van der Waals surface area (Å²) in [5.41, 5.74) is 0. The molecule has 2 N–H and O–H groups in total. The van der Waals surface area contributed by atoms with Crippen molar-refractivity contribution in [1.82, 2.24) is 10.6 Å². The molecule has 2 atom stereocenters. The van der Waals surface area contributed by atoms with E-state index in [9.17, 15) is 4.79 Å². The number of rotatable bonds is 0. The molecule has 1 heterocycles. The molecule has 1 saturated heterocycles. The van der Waals surface area contributed by atoms with Gasteiger partial charge < -0.3 is 10.6 Å². The summed E-state index contributed by atoms with van der Waals surface area (Å²) in [7, 11) is 0. The number of hydrogen-bond acceptors (Lipinski definition) is 2. The lowest BCUT2D eigenvalue weighted by Gasteiger charge is -2.25. The third kappa shape index (κ3) is 2.15. The van der Waals surface area contributed by atoms with E-state index >= 15 is 0 Å². The van der Waals surface area contributed by atoms with Gasteiger partial charge in [0, 0.05) is 12.6 Å². The largest absolute Gasteiger partial charge is 0.351 e. The fourth-order valence-corrected chi connectivity index (χ4v) is 0.865. The Kier molecular flexibility index (Phi) is 3.68. The minimum absolute atomic E-state index is 0. The lowest BCUT2D eigenvalue weighted by molar-refractivity contribution is -0.124. The van der Waals surface area contributed by atoms with Crippen LogP contribution >= 0.6 is 12.4 Å². The Balaban J connectivity index is 0.000000810. The summed E-state index contributed by atoms with van der Waals surface area (Å²) in [5.74, 6) is 0.105. The first-order valence-electron chi connectivity index (χ1n) is 3.24. The molecule has 1 fully saturated rings. The zero-order valence-corrected chi connectivity index (χ0v) is 6.99. The quantitative estimate of drug-likeness (QED) is 0.525. The zero-order chi connectivity index (χ0) is 6.85. The first kappa shape index (κ1) is 9.72. The summed E-state index contributed by atoms with van der Waals surface area (Å²) in [6.45, 7) is 4.73. The lowest BCUT2D eigenvalue weighted by Crippen LogP contribution is -2.55. The van der Waals surface area contributed by atoms with Crippen LogP contribution in [0.1, 0.15) is 13.8 Å². The minimum Gasteiger partial charge on any atom is -0.351 e. The average Bonchev–Trinajstić information content (AvgIpc) is 1.80. The molecule has 1 aliphatic rings. The van der Waals surface area contributed by atoms with E-state index in [1.54, 1.807) is 0 Å². The van der Waals surface area contributed by atoms with Gasteiger partial charge in [-0.2, -0.15) is 0 Å². The Morgan fingerprint density at radius 1 is 1.50 bits per heavy atom. The maximum Gasteiger partial charge on any atom is 0.237 e. The lowest BCUT2D eigenvalue weighted by atomic mass is 10.2. The number of carbonyl (C=O) groups excluding carboxylic acids is 1. The molecule has 0 saturated carbocycles. The topological polar surface area (TPSA) is 41.1 Å². The van der Waals surface area contributed by atoms with E-state index in [0.717, 1.165) is 6.54 Å². The van der Waals surface area contributed by atoms with Crippen molar-refractivity contribution >= 4 is 18.3 Å². The molecule has 3 nitrogen and oxygen atoms in total. The predicted octanol–water partition coefficient (Wildman–Crippen LogP) is -0.0954. The van der Waals surface area contributed by atoms with Gasteiger partial charge in [-0.05, 0) is 13.8 Å². The van der Waals surface area contributed by atoms with Gasteiger partial charge in [-0.1, -0.05) is 0 Å². The molecule has 0 aromatic rings. The molecule has 60 valence electrons. The average molecular weight is 165 g/mol. The van der Waals surface area contributed by atoms with Crippen molar-refractivity contribution < 1.29 is 4.79 Å². The maximum atomic E-state index is 10.8. The van der Waals surface area contributed by atoms with E-state index in [-0.39, 0.29) is 30.4 Å². The summed E-state index contributed by atoms with van der Waals surface area (Å²) in [4.78, 5) is 10.8. The highest BCUT2D eigenvalue weighted by molar-refractivity contribution is 5.85. The molecule has 4 heteroatoms. The normalized spacial score (nSPS) is 32.4. The standard InChI is InChI=1S/C6H12N2O.ClH/c1-4-3-7-5(2)6(9)8-4;/h4-5,7H,3H2,1-2H3,(H,8,9);1H/t4-,5-;/m1./s1. The first-order valence-corrected chi connectivity index (χ1v) is 3.24. The van der Waals surface area contributed by atoms with Gasteiger partial charge in [0.05, 0.1) is 6.04 Å². The molecule has 0 aliphatic carbocycles. The van der Waals surface area contributed by atoms with Crippen LogP contribution < -0.4 is 10.6 Å². The van der Waals surface area contributed by atoms with Gasteiger partial charge in [0.1, 0.15) is 0 Å². The van der Waals surface area contributed by atoms with Crippen LogP contribution in [-0.4, -0.2) is 24.5 Å². The Bertz CT molecular complexity index is 129. The second kappa shape index (κ2) is 3.78. The fraction of sp³-hybridized carbons (Fsp3) is 0.833. The van der Waals surface area contributed by atoms with Crippen LogP contribution in [0, 0.1) is 0 Å². The molecule has 0 spiro atoms. The smallest absolute Gasteiger partial charge is 0.237 e. The SMILES string of the molecule is C[C@@H]1CN[C@H](C)C(=O)N1.Cl. The monoisotopic (exact) mass is 164 g/mol. The molecule has 0 aromatic carbocycles. The van der Waals surface area contributed by atoms with E-state index < -0.39 is 0 Å². The molecule has 0 unspecified atom stereocenters. The zero-order valence-electron chi connectivity index (χ0n) is 6.18. The Morgan fingerprint density at radius 2 is 2.10 bits per heavy atom. The van der Waals surface area contributed by atoms with Crippen molar-refractivity contribution in [3.05, 3.63) is 0 Å². The summed E-state index contributed by atoms with van der Waals surface area (Å²) < 4.78 is 0. The number of piperazine rings is 1. The van der Waals surface area contributed by atoms with E-state index in [0.29, 0.717) is 0 Å². The number of carbonyl (C=O) groups is 1. The van der Waals surface area contributed by atoms with Gasteiger partial charge in [-0.25, -0.2) is 0 Å². The molecule has 1 aliphatic heterocycles. The number of halogens is 1. The number of hydrogen-bond donors (Lipinski definition) is 2. The van der Waals surface area contributed by atoms with E-state index in [1.165, 1.54) is 0 Å². The first-order chi connectivity index (χ1) is 4.20.